The zero-order chi connectivity index (χ0) is 13.2. The fraction of sp³-hybridized carbons (Fsp3) is 0.188. The third-order valence-electron chi connectivity index (χ3n) is 3.60. The fourth-order valence-electron chi connectivity index (χ4n) is 2.60. The van der Waals surface area contributed by atoms with E-state index < -0.39 is 0 Å². The van der Waals surface area contributed by atoms with Gasteiger partial charge < -0.3 is 10.6 Å². The Balaban J connectivity index is 2.03. The molecular weight excluding hydrogens is 236 g/mol. The van der Waals surface area contributed by atoms with Gasteiger partial charge in [-0.1, -0.05) is 36.4 Å². The maximum absolute atomic E-state index is 12.6. The third-order valence-corrected chi connectivity index (χ3v) is 3.60. The van der Waals surface area contributed by atoms with E-state index in [9.17, 15) is 4.79 Å². The van der Waals surface area contributed by atoms with Crippen LogP contribution in [-0.2, 0) is 13.0 Å². The molecule has 0 unspecified atom stereocenters. The van der Waals surface area contributed by atoms with Gasteiger partial charge in [-0.3, -0.25) is 4.79 Å². The summed E-state index contributed by atoms with van der Waals surface area (Å²) in [5.41, 5.74) is 9.64. The SMILES string of the molecule is NCc1ccccc1N1CCc2ccccc2C1=O. The van der Waals surface area contributed by atoms with E-state index in [-0.39, 0.29) is 5.91 Å². The van der Waals surface area contributed by atoms with E-state index in [0.29, 0.717) is 13.1 Å². The summed E-state index contributed by atoms with van der Waals surface area (Å²) in [5, 5.41) is 0. The number of nitrogens with zero attached hydrogens (tertiary/aromatic N) is 1. The van der Waals surface area contributed by atoms with Crippen LogP contribution < -0.4 is 10.6 Å². The molecule has 2 N–H and O–H groups in total. The van der Waals surface area contributed by atoms with E-state index >= 15 is 0 Å². The van der Waals surface area contributed by atoms with Crippen LogP contribution in [0.15, 0.2) is 48.5 Å². The van der Waals surface area contributed by atoms with Gasteiger partial charge in [-0.2, -0.15) is 0 Å². The highest BCUT2D eigenvalue weighted by Crippen LogP contribution is 2.26. The number of benzene rings is 2. The average Bonchev–Trinajstić information content (AvgIpc) is 2.48. The fourth-order valence-corrected chi connectivity index (χ4v) is 2.60. The lowest BCUT2D eigenvalue weighted by Crippen LogP contribution is -2.38. The minimum absolute atomic E-state index is 0.0720. The number of fused-ring (bicyclic) bond motifs is 1. The quantitative estimate of drug-likeness (QED) is 0.891. The molecule has 0 aliphatic carbocycles. The number of para-hydroxylation sites is 1. The second-order valence-electron chi connectivity index (χ2n) is 4.70. The Morgan fingerprint density at radius 1 is 1.05 bits per heavy atom. The molecule has 1 aliphatic heterocycles. The first kappa shape index (κ1) is 11.9. The molecule has 3 nitrogen and oxygen atoms in total. The highest BCUT2D eigenvalue weighted by molar-refractivity contribution is 6.08. The third kappa shape index (κ3) is 2.02. The van der Waals surface area contributed by atoms with E-state index in [1.165, 1.54) is 0 Å². The van der Waals surface area contributed by atoms with Crippen LogP contribution in [0.1, 0.15) is 21.5 Å². The monoisotopic (exact) mass is 252 g/mol. The Bertz CT molecular complexity index is 622. The molecule has 2 aromatic rings. The Hall–Kier alpha value is -2.13. The van der Waals surface area contributed by atoms with Crippen molar-refractivity contribution in [1.82, 2.24) is 0 Å². The van der Waals surface area contributed by atoms with Gasteiger partial charge in [-0.15, -0.1) is 0 Å². The Morgan fingerprint density at radius 2 is 1.79 bits per heavy atom. The van der Waals surface area contributed by atoms with Gasteiger partial charge >= 0.3 is 0 Å². The molecule has 1 amide bonds. The largest absolute Gasteiger partial charge is 0.326 e. The lowest BCUT2D eigenvalue weighted by Gasteiger charge is -2.30. The highest BCUT2D eigenvalue weighted by atomic mass is 16.2. The van der Waals surface area contributed by atoms with Crippen molar-refractivity contribution in [3.63, 3.8) is 0 Å². The van der Waals surface area contributed by atoms with Gasteiger partial charge in [0.25, 0.3) is 5.91 Å². The molecule has 96 valence electrons. The number of rotatable bonds is 2. The number of anilines is 1. The minimum Gasteiger partial charge on any atom is -0.326 e. The van der Waals surface area contributed by atoms with Crippen molar-refractivity contribution < 1.29 is 4.79 Å². The van der Waals surface area contributed by atoms with Crippen LogP contribution in [0.4, 0.5) is 5.69 Å². The number of carbonyl (C=O) groups excluding carboxylic acids is 1. The van der Waals surface area contributed by atoms with E-state index in [2.05, 4.69) is 0 Å². The Labute approximate surface area is 112 Å². The zero-order valence-electron chi connectivity index (χ0n) is 10.7. The van der Waals surface area contributed by atoms with Gasteiger partial charge in [0.1, 0.15) is 0 Å². The molecule has 0 fully saturated rings. The molecule has 0 radical (unpaired) electrons. The predicted molar refractivity (Wildman–Crippen MR) is 76.2 cm³/mol. The number of nitrogens with two attached hydrogens (primary N) is 1. The summed E-state index contributed by atoms with van der Waals surface area (Å²) in [4.78, 5) is 14.4. The van der Waals surface area contributed by atoms with E-state index in [1.807, 2.05) is 53.4 Å². The van der Waals surface area contributed by atoms with Crippen molar-refractivity contribution in [3.8, 4) is 0 Å². The van der Waals surface area contributed by atoms with Gasteiger partial charge in [0.05, 0.1) is 0 Å². The number of hydrogen-bond acceptors (Lipinski definition) is 2. The summed E-state index contributed by atoms with van der Waals surface area (Å²) in [6, 6.07) is 15.7. The van der Waals surface area contributed by atoms with E-state index in [1.54, 1.807) is 0 Å². The predicted octanol–water partition coefficient (Wildman–Crippen LogP) is 2.35. The maximum atomic E-state index is 12.6. The van der Waals surface area contributed by atoms with Crippen molar-refractivity contribution in [3.05, 3.63) is 65.2 Å². The summed E-state index contributed by atoms with van der Waals surface area (Å²) < 4.78 is 0. The van der Waals surface area contributed by atoms with Crippen LogP contribution in [0.3, 0.4) is 0 Å². The van der Waals surface area contributed by atoms with E-state index in [0.717, 1.165) is 28.8 Å². The molecule has 0 atom stereocenters. The van der Waals surface area contributed by atoms with Crippen LogP contribution in [0.5, 0.6) is 0 Å². The van der Waals surface area contributed by atoms with Crippen molar-refractivity contribution in [2.75, 3.05) is 11.4 Å². The van der Waals surface area contributed by atoms with Crippen LogP contribution in [-0.4, -0.2) is 12.5 Å². The molecule has 3 rings (SSSR count). The van der Waals surface area contributed by atoms with Crippen LogP contribution in [0.25, 0.3) is 0 Å². The van der Waals surface area contributed by atoms with Gasteiger partial charge in [-0.25, -0.2) is 0 Å². The summed E-state index contributed by atoms with van der Waals surface area (Å²) in [5.74, 6) is 0.0720. The first-order valence-corrected chi connectivity index (χ1v) is 6.49. The molecule has 1 heterocycles. The Morgan fingerprint density at radius 3 is 2.63 bits per heavy atom. The van der Waals surface area contributed by atoms with Crippen LogP contribution >= 0.6 is 0 Å². The summed E-state index contributed by atoms with van der Waals surface area (Å²) in [6.45, 7) is 1.16. The molecule has 0 saturated carbocycles. The molecular formula is C16H16N2O. The van der Waals surface area contributed by atoms with Gasteiger partial charge in [0.2, 0.25) is 0 Å². The zero-order valence-corrected chi connectivity index (χ0v) is 10.7. The van der Waals surface area contributed by atoms with E-state index in [4.69, 9.17) is 5.73 Å². The number of amides is 1. The molecule has 1 aliphatic rings. The van der Waals surface area contributed by atoms with Crippen molar-refractivity contribution in [2.24, 2.45) is 5.73 Å². The molecule has 0 aromatic heterocycles. The standard InChI is InChI=1S/C16H16N2O/c17-11-13-6-2-4-8-15(13)18-10-9-12-5-1-3-7-14(12)16(18)19/h1-8H,9-11,17H2. The van der Waals surface area contributed by atoms with Crippen molar-refractivity contribution in [2.45, 2.75) is 13.0 Å². The molecule has 19 heavy (non-hydrogen) atoms. The summed E-state index contributed by atoms with van der Waals surface area (Å²) >= 11 is 0. The topological polar surface area (TPSA) is 46.3 Å². The van der Waals surface area contributed by atoms with Crippen LogP contribution in [0, 0.1) is 0 Å². The highest BCUT2D eigenvalue weighted by Gasteiger charge is 2.25. The van der Waals surface area contributed by atoms with Crippen molar-refractivity contribution >= 4 is 11.6 Å². The number of carbonyl (C=O) groups is 1. The summed E-state index contributed by atoms with van der Waals surface area (Å²) in [7, 11) is 0. The minimum atomic E-state index is 0.0720. The second-order valence-corrected chi connectivity index (χ2v) is 4.70. The lowest BCUT2D eigenvalue weighted by molar-refractivity contribution is 0.0980. The first-order valence-electron chi connectivity index (χ1n) is 6.49. The maximum Gasteiger partial charge on any atom is 0.258 e. The number of hydrogen-bond donors (Lipinski definition) is 1. The van der Waals surface area contributed by atoms with Crippen LogP contribution in [0.2, 0.25) is 0 Å². The second kappa shape index (κ2) is 4.86. The van der Waals surface area contributed by atoms with Gasteiger partial charge in [0.15, 0.2) is 0 Å². The van der Waals surface area contributed by atoms with Crippen molar-refractivity contribution in [1.29, 1.82) is 0 Å². The molecule has 3 heteroatoms. The smallest absolute Gasteiger partial charge is 0.258 e. The molecule has 0 spiro atoms. The average molecular weight is 252 g/mol. The lowest BCUT2D eigenvalue weighted by atomic mass is 9.98. The normalized spacial score (nSPS) is 14.4. The van der Waals surface area contributed by atoms with Gasteiger partial charge in [-0.05, 0) is 29.7 Å². The molecule has 0 bridgehead atoms. The first-order chi connectivity index (χ1) is 9.31. The molecule has 2 aromatic carbocycles. The van der Waals surface area contributed by atoms with Gasteiger partial charge in [0, 0.05) is 24.3 Å². The molecule has 0 saturated heterocycles. The summed E-state index contributed by atoms with van der Waals surface area (Å²) in [6.07, 6.45) is 0.890. The Kier molecular flexibility index (Phi) is 3.05.